The third-order valence-electron chi connectivity index (χ3n) is 8.34. The van der Waals surface area contributed by atoms with Crippen molar-refractivity contribution in [1.29, 1.82) is 0 Å². The van der Waals surface area contributed by atoms with Crippen LogP contribution < -0.4 is 10.5 Å². The highest BCUT2D eigenvalue weighted by molar-refractivity contribution is 5.98. The van der Waals surface area contributed by atoms with Crippen molar-refractivity contribution in [1.82, 2.24) is 24.5 Å². The summed E-state index contributed by atoms with van der Waals surface area (Å²) in [5.74, 6) is 0.185. The maximum absolute atomic E-state index is 13.5. The van der Waals surface area contributed by atoms with Gasteiger partial charge in [-0.05, 0) is 62.4 Å². The van der Waals surface area contributed by atoms with Crippen molar-refractivity contribution in [2.24, 2.45) is 5.73 Å². The Hall–Kier alpha value is -3.92. The highest BCUT2D eigenvalue weighted by Gasteiger charge is 2.46. The van der Waals surface area contributed by atoms with E-state index in [2.05, 4.69) is 9.97 Å². The number of hydrogen-bond donors (Lipinski definition) is 1. The number of pyridine rings is 1. The van der Waals surface area contributed by atoms with Crippen molar-refractivity contribution in [2.45, 2.75) is 56.7 Å². The van der Waals surface area contributed by atoms with Gasteiger partial charge in [0.05, 0.1) is 22.8 Å². The van der Waals surface area contributed by atoms with Gasteiger partial charge in [-0.15, -0.1) is 0 Å². The van der Waals surface area contributed by atoms with Crippen LogP contribution in [0.1, 0.15) is 77.6 Å². The molecule has 2 aliphatic carbocycles. The van der Waals surface area contributed by atoms with Crippen LogP contribution in [-0.2, 0) is 5.54 Å². The fourth-order valence-corrected chi connectivity index (χ4v) is 6.32. The molecule has 3 aliphatic rings. The smallest absolute Gasteiger partial charge is 0.387 e. The van der Waals surface area contributed by atoms with Crippen molar-refractivity contribution in [3.63, 3.8) is 0 Å². The normalized spacial score (nSPS) is 21.3. The number of ether oxygens (including phenoxy) is 1. The summed E-state index contributed by atoms with van der Waals surface area (Å²) in [6, 6.07) is 8.51. The van der Waals surface area contributed by atoms with Gasteiger partial charge >= 0.3 is 6.61 Å². The van der Waals surface area contributed by atoms with E-state index in [-0.39, 0.29) is 23.6 Å². The predicted octanol–water partition coefficient (Wildman–Crippen LogP) is 4.78. The summed E-state index contributed by atoms with van der Waals surface area (Å²) in [6.45, 7) is -0.604. The monoisotopic (exact) mass is 516 g/mol. The maximum atomic E-state index is 13.5. The van der Waals surface area contributed by atoms with E-state index in [0.717, 1.165) is 47.2 Å². The van der Waals surface area contributed by atoms with Crippen LogP contribution in [-0.4, -0.2) is 43.5 Å². The molecule has 1 aliphatic heterocycles. The van der Waals surface area contributed by atoms with Gasteiger partial charge in [-0.2, -0.15) is 13.9 Å². The van der Waals surface area contributed by atoms with Crippen molar-refractivity contribution < 1.29 is 18.3 Å². The van der Waals surface area contributed by atoms with Crippen molar-refractivity contribution in [2.75, 3.05) is 6.54 Å². The van der Waals surface area contributed by atoms with Gasteiger partial charge in [-0.25, -0.2) is 14.5 Å². The molecule has 2 N–H and O–H groups in total. The summed E-state index contributed by atoms with van der Waals surface area (Å²) in [6.07, 6.45) is 8.88. The molecule has 2 bridgehead atoms. The van der Waals surface area contributed by atoms with Gasteiger partial charge in [0.2, 0.25) is 0 Å². The Morgan fingerprint density at radius 3 is 2.63 bits per heavy atom. The fourth-order valence-electron chi connectivity index (χ4n) is 6.32. The van der Waals surface area contributed by atoms with E-state index in [1.165, 1.54) is 6.07 Å². The number of carbonyl (C=O) groups is 1. The largest absolute Gasteiger partial charge is 0.434 e. The molecular weight excluding hydrogens is 490 g/mol. The Bertz CT molecular complexity index is 1580. The molecule has 3 aromatic heterocycles. The molecule has 1 aromatic carbocycles. The average Bonchev–Trinajstić information content (AvgIpc) is 3.41. The molecule has 10 heteroatoms. The van der Waals surface area contributed by atoms with Crippen LogP contribution in [0.3, 0.4) is 0 Å². The molecule has 1 fully saturated rings. The van der Waals surface area contributed by atoms with Crippen molar-refractivity contribution in [3.8, 4) is 16.9 Å². The number of amides is 1. The van der Waals surface area contributed by atoms with E-state index in [4.69, 9.17) is 15.6 Å². The molecule has 1 saturated carbocycles. The number of carbonyl (C=O) groups excluding carboxylic acids is 1. The van der Waals surface area contributed by atoms with Gasteiger partial charge < -0.3 is 15.4 Å². The summed E-state index contributed by atoms with van der Waals surface area (Å²) < 4.78 is 33.5. The number of nitrogens with two attached hydrogens (primary N) is 1. The fraction of sp³-hybridized carbons (Fsp3) is 0.357. The number of rotatable bonds is 5. The second-order valence-electron chi connectivity index (χ2n) is 10.3. The van der Waals surface area contributed by atoms with E-state index >= 15 is 0 Å². The lowest BCUT2D eigenvalue weighted by molar-refractivity contribution is -0.0505. The summed E-state index contributed by atoms with van der Waals surface area (Å²) in [5.41, 5.74) is 11.2. The van der Waals surface area contributed by atoms with Gasteiger partial charge in [-0.3, -0.25) is 4.79 Å². The van der Waals surface area contributed by atoms with Crippen LogP contribution >= 0.6 is 0 Å². The Kier molecular flexibility index (Phi) is 5.07. The summed E-state index contributed by atoms with van der Waals surface area (Å²) >= 11 is 0. The molecule has 2 unspecified atom stereocenters. The molecule has 2 atom stereocenters. The highest BCUT2D eigenvalue weighted by atomic mass is 19.3. The average molecular weight is 517 g/mol. The van der Waals surface area contributed by atoms with E-state index in [0.29, 0.717) is 29.9 Å². The Labute approximate surface area is 217 Å². The van der Waals surface area contributed by atoms with Gasteiger partial charge in [0, 0.05) is 53.3 Å². The molecular formula is C28H26F2N6O2. The first-order valence-electron chi connectivity index (χ1n) is 12.9. The topological polar surface area (TPSA) is 98.6 Å². The lowest BCUT2D eigenvalue weighted by Crippen LogP contribution is -2.44. The van der Waals surface area contributed by atoms with Gasteiger partial charge in [0.15, 0.2) is 0 Å². The number of benzene rings is 1. The third-order valence-corrected chi connectivity index (χ3v) is 8.34. The number of hydrogen-bond acceptors (Lipinski definition) is 6. The van der Waals surface area contributed by atoms with Gasteiger partial charge in [0.1, 0.15) is 11.6 Å². The number of alkyl halides is 2. The molecule has 8 nitrogen and oxygen atoms in total. The van der Waals surface area contributed by atoms with Crippen molar-refractivity contribution in [3.05, 3.63) is 77.1 Å². The van der Waals surface area contributed by atoms with Gasteiger partial charge in [-0.1, -0.05) is 6.07 Å². The molecule has 38 heavy (non-hydrogen) atoms. The molecule has 194 valence electrons. The highest BCUT2D eigenvalue weighted by Crippen LogP contribution is 2.54. The lowest BCUT2D eigenvalue weighted by atomic mass is 9.77. The molecule has 0 radical (unpaired) electrons. The SMILES string of the molecule is CCN1C(=O)c2cccc(OC(F)F)c2C2CC1c1nn3ccc(-c4cnc(C5(N)CCC5)nc4)cc3c12. The lowest BCUT2D eigenvalue weighted by Gasteiger charge is -2.36. The summed E-state index contributed by atoms with van der Waals surface area (Å²) in [5, 5.41) is 4.86. The quantitative estimate of drug-likeness (QED) is 0.410. The maximum Gasteiger partial charge on any atom is 0.387 e. The Morgan fingerprint density at radius 1 is 1.16 bits per heavy atom. The molecule has 0 spiro atoms. The predicted molar refractivity (Wildman–Crippen MR) is 135 cm³/mol. The van der Waals surface area contributed by atoms with E-state index < -0.39 is 12.2 Å². The minimum atomic E-state index is -3.00. The minimum absolute atomic E-state index is 0.0339. The second kappa shape index (κ2) is 8.29. The molecule has 0 saturated heterocycles. The number of aromatic nitrogens is 4. The van der Waals surface area contributed by atoms with Crippen LogP contribution in [0.15, 0.2) is 48.9 Å². The number of nitrogens with zero attached hydrogens (tertiary/aromatic N) is 5. The van der Waals surface area contributed by atoms with Crippen LogP contribution in [0.25, 0.3) is 16.6 Å². The molecule has 4 aromatic rings. The van der Waals surface area contributed by atoms with Crippen LogP contribution in [0.4, 0.5) is 8.78 Å². The summed E-state index contributed by atoms with van der Waals surface area (Å²) in [7, 11) is 0. The Morgan fingerprint density at radius 2 is 1.95 bits per heavy atom. The molecule has 1 amide bonds. The number of halogens is 2. The molecule has 7 rings (SSSR count). The zero-order chi connectivity index (χ0) is 26.2. The Balaban J connectivity index is 1.38. The first-order valence-corrected chi connectivity index (χ1v) is 12.9. The van der Waals surface area contributed by atoms with Crippen LogP contribution in [0, 0.1) is 0 Å². The zero-order valence-electron chi connectivity index (χ0n) is 20.8. The van der Waals surface area contributed by atoms with Gasteiger partial charge in [0.25, 0.3) is 5.91 Å². The van der Waals surface area contributed by atoms with Crippen molar-refractivity contribution >= 4 is 11.4 Å². The van der Waals surface area contributed by atoms with Crippen LogP contribution in [0.2, 0.25) is 0 Å². The first kappa shape index (κ1) is 23.2. The minimum Gasteiger partial charge on any atom is -0.434 e. The molecule has 4 heterocycles. The zero-order valence-corrected chi connectivity index (χ0v) is 20.8. The standard InChI is InChI=1S/C28H26F2N6O2/c1-2-35-20-12-18(22-17(25(35)37)5-3-6-21(22)38-27(29)30)23-19-11-15(7-10-36(19)34-24(20)23)16-13-32-26(33-14-16)28(31)8-4-9-28/h3,5-7,10-11,13-14,18,20,27H,2,4,8-9,12,31H2,1H3. The number of fused-ring (bicyclic) bond motifs is 9. The van der Waals surface area contributed by atoms with Crippen LogP contribution in [0.5, 0.6) is 5.75 Å². The third kappa shape index (κ3) is 3.29. The van der Waals surface area contributed by atoms with E-state index in [9.17, 15) is 13.6 Å². The second-order valence-corrected chi connectivity index (χ2v) is 10.3. The first-order chi connectivity index (χ1) is 18.4. The van der Waals surface area contributed by atoms with E-state index in [1.54, 1.807) is 33.9 Å². The summed E-state index contributed by atoms with van der Waals surface area (Å²) in [4.78, 5) is 24.4. The van der Waals surface area contributed by atoms with E-state index in [1.807, 2.05) is 25.3 Å².